The van der Waals surface area contributed by atoms with Gasteiger partial charge in [-0.25, -0.2) is 4.79 Å². The van der Waals surface area contributed by atoms with Crippen LogP contribution in [0.4, 0.5) is 0 Å². The van der Waals surface area contributed by atoms with E-state index < -0.39 is 11.9 Å². The molecule has 0 heterocycles. The lowest BCUT2D eigenvalue weighted by Crippen LogP contribution is -2.14. The number of carboxylic acid groups (broad SMARTS) is 1. The number of fused-ring (bicyclic) bond motifs is 3. The number of carbonyl (C=O) groups is 2. The monoisotopic (exact) mass is 279 g/mol. The van der Waals surface area contributed by atoms with E-state index in [9.17, 15) is 9.59 Å². The van der Waals surface area contributed by atoms with Gasteiger partial charge in [0.15, 0.2) is 0 Å². The minimum atomic E-state index is -1.19. The van der Waals surface area contributed by atoms with Crippen LogP contribution in [0, 0.1) is 0 Å². The Labute approximate surface area is 121 Å². The van der Waals surface area contributed by atoms with E-state index in [-0.39, 0.29) is 5.57 Å². The molecule has 21 heavy (non-hydrogen) atoms. The maximum Gasteiger partial charge on any atom is 0.329 e. The summed E-state index contributed by atoms with van der Waals surface area (Å²) in [6.07, 6.45) is 1.63. The molecule has 1 aliphatic carbocycles. The minimum absolute atomic E-state index is 0.0151. The molecule has 3 rings (SSSR count). The second kappa shape index (κ2) is 4.90. The Bertz CT molecular complexity index is 790. The number of hydrogen-bond acceptors (Lipinski definition) is 2. The van der Waals surface area contributed by atoms with Crippen LogP contribution in [0.1, 0.15) is 16.7 Å². The molecule has 0 unspecified atom stereocenters. The zero-order valence-corrected chi connectivity index (χ0v) is 11.2. The number of benzene rings is 2. The Morgan fingerprint density at radius 3 is 2.48 bits per heavy atom. The summed E-state index contributed by atoms with van der Waals surface area (Å²) in [5, 5.41) is 8.85. The van der Waals surface area contributed by atoms with Crippen molar-refractivity contribution in [2.45, 2.75) is 6.42 Å². The first kappa shape index (κ1) is 13.1. The van der Waals surface area contributed by atoms with Crippen LogP contribution in [0.25, 0.3) is 16.7 Å². The summed E-state index contributed by atoms with van der Waals surface area (Å²) in [7, 11) is 0. The normalized spacial score (nSPS) is 12.7. The van der Waals surface area contributed by atoms with Crippen LogP contribution in [0.2, 0.25) is 0 Å². The van der Waals surface area contributed by atoms with Crippen LogP contribution in [-0.2, 0) is 16.0 Å². The fraction of sp³-hybridized carbons (Fsp3) is 0.0588. The third-order valence-corrected chi connectivity index (χ3v) is 3.64. The van der Waals surface area contributed by atoms with Crippen molar-refractivity contribution >= 4 is 17.4 Å². The standard InChI is InChI=1S/C17H13NO3/c18-17(21)15(9-16(19)20)11-5-6-14-12(8-11)7-10-3-1-2-4-13(10)14/h1-6,8-9H,7H2,(H2,18,21)(H,19,20)/b15-9-. The molecule has 2 aromatic rings. The molecule has 0 aromatic heterocycles. The summed E-state index contributed by atoms with van der Waals surface area (Å²) in [6.45, 7) is 0. The van der Waals surface area contributed by atoms with Crippen molar-refractivity contribution in [3.05, 3.63) is 65.2 Å². The fourth-order valence-electron chi connectivity index (χ4n) is 2.73. The molecule has 0 fully saturated rings. The van der Waals surface area contributed by atoms with E-state index >= 15 is 0 Å². The zero-order chi connectivity index (χ0) is 15.0. The van der Waals surface area contributed by atoms with E-state index in [2.05, 4.69) is 12.1 Å². The van der Waals surface area contributed by atoms with Gasteiger partial charge in [0.1, 0.15) is 0 Å². The highest BCUT2D eigenvalue weighted by Crippen LogP contribution is 2.37. The van der Waals surface area contributed by atoms with Gasteiger partial charge in [-0.1, -0.05) is 36.4 Å². The van der Waals surface area contributed by atoms with Gasteiger partial charge in [0, 0.05) is 6.08 Å². The fourth-order valence-corrected chi connectivity index (χ4v) is 2.73. The summed E-state index contributed by atoms with van der Waals surface area (Å²) < 4.78 is 0. The van der Waals surface area contributed by atoms with Crippen LogP contribution in [0.3, 0.4) is 0 Å². The second-order valence-corrected chi connectivity index (χ2v) is 4.97. The summed E-state index contributed by atoms with van der Waals surface area (Å²) in [5.41, 5.74) is 10.4. The third kappa shape index (κ3) is 2.31. The molecular formula is C17H13NO3. The number of amides is 1. The van der Waals surface area contributed by atoms with Crippen LogP contribution in [-0.4, -0.2) is 17.0 Å². The molecule has 3 N–H and O–H groups in total. The first-order valence-electron chi connectivity index (χ1n) is 6.52. The number of primary amides is 1. The number of hydrogen-bond donors (Lipinski definition) is 2. The van der Waals surface area contributed by atoms with Gasteiger partial charge in [-0.2, -0.15) is 0 Å². The van der Waals surface area contributed by atoms with Crippen molar-refractivity contribution < 1.29 is 14.7 Å². The van der Waals surface area contributed by atoms with Crippen LogP contribution >= 0.6 is 0 Å². The quantitative estimate of drug-likeness (QED) is 0.721. The number of carboxylic acids is 1. The Hall–Kier alpha value is -2.88. The molecule has 2 aromatic carbocycles. The van der Waals surface area contributed by atoms with Crippen LogP contribution < -0.4 is 5.73 Å². The molecule has 1 amide bonds. The number of nitrogens with two attached hydrogens (primary N) is 1. The van der Waals surface area contributed by atoms with Gasteiger partial charge in [-0.15, -0.1) is 0 Å². The van der Waals surface area contributed by atoms with Crippen molar-refractivity contribution in [2.24, 2.45) is 5.73 Å². The highest BCUT2D eigenvalue weighted by molar-refractivity contribution is 6.22. The van der Waals surface area contributed by atoms with Crippen molar-refractivity contribution in [1.82, 2.24) is 0 Å². The highest BCUT2D eigenvalue weighted by Gasteiger charge is 2.19. The Morgan fingerprint density at radius 1 is 1.05 bits per heavy atom. The second-order valence-electron chi connectivity index (χ2n) is 4.97. The molecule has 0 saturated heterocycles. The van der Waals surface area contributed by atoms with Gasteiger partial charge < -0.3 is 10.8 Å². The molecule has 104 valence electrons. The molecule has 0 radical (unpaired) electrons. The van der Waals surface area contributed by atoms with Crippen LogP contribution in [0.5, 0.6) is 0 Å². The zero-order valence-electron chi connectivity index (χ0n) is 11.2. The van der Waals surface area contributed by atoms with Crippen molar-refractivity contribution in [3.8, 4) is 11.1 Å². The van der Waals surface area contributed by atoms with Gasteiger partial charge in [-0.05, 0) is 40.3 Å². The first-order chi connectivity index (χ1) is 10.1. The van der Waals surface area contributed by atoms with E-state index in [1.807, 2.05) is 24.3 Å². The van der Waals surface area contributed by atoms with Crippen LogP contribution in [0.15, 0.2) is 48.5 Å². The Morgan fingerprint density at radius 2 is 1.76 bits per heavy atom. The Balaban J connectivity index is 2.08. The Kier molecular flexibility index (Phi) is 3.06. The summed E-state index contributed by atoms with van der Waals surface area (Å²) in [4.78, 5) is 22.3. The van der Waals surface area contributed by atoms with Gasteiger partial charge in [0.05, 0.1) is 5.57 Å². The average Bonchev–Trinajstić information content (AvgIpc) is 2.81. The first-order valence-corrected chi connectivity index (χ1v) is 6.52. The number of aliphatic carboxylic acids is 1. The smallest absolute Gasteiger partial charge is 0.329 e. The van der Waals surface area contributed by atoms with Gasteiger partial charge >= 0.3 is 5.97 Å². The van der Waals surface area contributed by atoms with E-state index in [0.717, 1.165) is 23.6 Å². The van der Waals surface area contributed by atoms with Crippen molar-refractivity contribution in [3.63, 3.8) is 0 Å². The molecule has 0 spiro atoms. The van der Waals surface area contributed by atoms with Gasteiger partial charge in [0.25, 0.3) is 0 Å². The maximum atomic E-state index is 11.4. The van der Waals surface area contributed by atoms with Crippen molar-refractivity contribution in [1.29, 1.82) is 0 Å². The molecule has 0 aliphatic heterocycles. The summed E-state index contributed by atoms with van der Waals surface area (Å²) in [5.74, 6) is -1.93. The van der Waals surface area contributed by atoms with Crippen molar-refractivity contribution in [2.75, 3.05) is 0 Å². The van der Waals surface area contributed by atoms with E-state index in [1.54, 1.807) is 6.07 Å². The topological polar surface area (TPSA) is 80.4 Å². The lowest BCUT2D eigenvalue weighted by Gasteiger charge is -2.06. The summed E-state index contributed by atoms with van der Waals surface area (Å²) >= 11 is 0. The predicted octanol–water partition coefficient (Wildman–Crippen LogP) is 2.21. The molecule has 4 heteroatoms. The maximum absolute atomic E-state index is 11.4. The number of rotatable bonds is 3. The molecular weight excluding hydrogens is 266 g/mol. The summed E-state index contributed by atoms with van der Waals surface area (Å²) in [6, 6.07) is 13.6. The molecule has 0 saturated carbocycles. The third-order valence-electron chi connectivity index (χ3n) is 3.64. The molecule has 4 nitrogen and oxygen atoms in total. The van der Waals surface area contributed by atoms with E-state index in [1.165, 1.54) is 11.1 Å². The van der Waals surface area contributed by atoms with Gasteiger partial charge in [-0.3, -0.25) is 4.79 Å². The molecule has 1 aliphatic rings. The lowest BCUT2D eigenvalue weighted by atomic mass is 9.98. The van der Waals surface area contributed by atoms with E-state index in [4.69, 9.17) is 10.8 Å². The SMILES string of the molecule is NC(=O)/C(=C\C(=O)O)c1ccc2c(c1)Cc1ccccc1-2. The number of carbonyl (C=O) groups excluding carboxylic acids is 1. The van der Waals surface area contributed by atoms with Gasteiger partial charge in [0.2, 0.25) is 5.91 Å². The average molecular weight is 279 g/mol. The largest absolute Gasteiger partial charge is 0.478 e. The molecule has 0 atom stereocenters. The predicted molar refractivity (Wildman–Crippen MR) is 79.5 cm³/mol. The van der Waals surface area contributed by atoms with E-state index in [0.29, 0.717) is 5.56 Å². The lowest BCUT2D eigenvalue weighted by molar-refractivity contribution is -0.131. The minimum Gasteiger partial charge on any atom is -0.478 e. The molecule has 0 bridgehead atoms. The highest BCUT2D eigenvalue weighted by atomic mass is 16.4.